The lowest BCUT2D eigenvalue weighted by Gasteiger charge is -2.21. The number of unbranched alkanes of at least 4 members (excludes halogenated alkanes) is 1. The number of carbonyl (C=O) groups is 1. The average molecular weight is 211 g/mol. The van der Waals surface area contributed by atoms with E-state index in [0.717, 1.165) is 5.92 Å². The van der Waals surface area contributed by atoms with Crippen molar-refractivity contribution in [2.24, 2.45) is 11.8 Å². The maximum absolute atomic E-state index is 11.6. The summed E-state index contributed by atoms with van der Waals surface area (Å²) in [5.41, 5.74) is 0. The van der Waals surface area contributed by atoms with Gasteiger partial charge in [0.05, 0.1) is 0 Å². The summed E-state index contributed by atoms with van der Waals surface area (Å²) in [6, 6.07) is 0.464. The van der Waals surface area contributed by atoms with Gasteiger partial charge in [-0.3, -0.25) is 4.79 Å². The van der Waals surface area contributed by atoms with Crippen molar-refractivity contribution in [2.75, 3.05) is 0 Å². The number of nitrogens with one attached hydrogen (secondary N) is 1. The van der Waals surface area contributed by atoms with Crippen LogP contribution in [0.2, 0.25) is 0 Å². The van der Waals surface area contributed by atoms with Crippen molar-refractivity contribution in [2.45, 2.75) is 65.3 Å². The summed E-state index contributed by atoms with van der Waals surface area (Å²) in [7, 11) is 0. The molecular formula is C13H25NO. The smallest absolute Gasteiger partial charge is 0.222 e. The van der Waals surface area contributed by atoms with Gasteiger partial charge in [-0.15, -0.1) is 0 Å². The monoisotopic (exact) mass is 211 g/mol. The summed E-state index contributed by atoms with van der Waals surface area (Å²) >= 11 is 0. The van der Waals surface area contributed by atoms with E-state index in [0.29, 0.717) is 6.04 Å². The molecule has 0 unspecified atom stereocenters. The second kappa shape index (κ2) is 6.14. The lowest BCUT2D eigenvalue weighted by molar-refractivity contribution is -0.124. The second-order valence-corrected chi connectivity index (χ2v) is 5.10. The maximum Gasteiger partial charge on any atom is 0.222 e. The molecule has 0 radical (unpaired) electrons. The minimum atomic E-state index is 0.123. The molecule has 0 aromatic rings. The van der Waals surface area contributed by atoms with Crippen molar-refractivity contribution < 1.29 is 4.79 Å². The van der Waals surface area contributed by atoms with Crippen LogP contribution in [-0.2, 0) is 4.79 Å². The Balaban J connectivity index is 2.36. The van der Waals surface area contributed by atoms with Crippen LogP contribution in [0.15, 0.2) is 0 Å². The minimum absolute atomic E-state index is 0.123. The van der Waals surface area contributed by atoms with Crippen LogP contribution in [0.5, 0.6) is 0 Å². The van der Waals surface area contributed by atoms with Gasteiger partial charge in [0.25, 0.3) is 0 Å². The Morgan fingerprint density at radius 1 is 1.40 bits per heavy atom. The van der Waals surface area contributed by atoms with E-state index >= 15 is 0 Å². The van der Waals surface area contributed by atoms with E-state index in [9.17, 15) is 4.79 Å². The largest absolute Gasteiger partial charge is 0.353 e. The van der Waals surface area contributed by atoms with Crippen LogP contribution < -0.4 is 5.32 Å². The van der Waals surface area contributed by atoms with E-state index in [4.69, 9.17) is 0 Å². The van der Waals surface area contributed by atoms with Crippen LogP contribution in [-0.4, -0.2) is 11.9 Å². The molecule has 1 fully saturated rings. The molecule has 1 aliphatic carbocycles. The van der Waals surface area contributed by atoms with Crippen molar-refractivity contribution in [1.29, 1.82) is 0 Å². The predicted octanol–water partition coefficient (Wildman–Crippen LogP) is 3.12. The van der Waals surface area contributed by atoms with E-state index in [-0.39, 0.29) is 11.8 Å². The fourth-order valence-corrected chi connectivity index (χ4v) is 2.39. The highest BCUT2D eigenvalue weighted by molar-refractivity contribution is 5.78. The molecule has 1 rings (SSSR count). The molecule has 1 aliphatic rings. The Kier molecular flexibility index (Phi) is 5.13. The second-order valence-electron chi connectivity index (χ2n) is 5.10. The van der Waals surface area contributed by atoms with Crippen LogP contribution >= 0.6 is 0 Å². The Morgan fingerprint density at radius 2 is 2.13 bits per heavy atom. The van der Waals surface area contributed by atoms with Crippen LogP contribution in [0, 0.1) is 11.8 Å². The van der Waals surface area contributed by atoms with Crippen LogP contribution in [0.4, 0.5) is 0 Å². The van der Waals surface area contributed by atoms with Crippen molar-refractivity contribution in [1.82, 2.24) is 5.32 Å². The lowest BCUT2D eigenvalue weighted by Crippen LogP contribution is -2.39. The topological polar surface area (TPSA) is 29.1 Å². The van der Waals surface area contributed by atoms with Crippen LogP contribution in [0.1, 0.15) is 59.3 Å². The van der Waals surface area contributed by atoms with E-state index in [1.165, 1.54) is 38.5 Å². The highest BCUT2D eigenvalue weighted by Gasteiger charge is 2.28. The quantitative estimate of drug-likeness (QED) is 0.743. The minimum Gasteiger partial charge on any atom is -0.353 e. The third kappa shape index (κ3) is 3.84. The summed E-state index contributed by atoms with van der Waals surface area (Å²) in [5.74, 6) is 1.09. The molecule has 2 nitrogen and oxygen atoms in total. The zero-order valence-corrected chi connectivity index (χ0v) is 10.4. The Hall–Kier alpha value is -0.530. The van der Waals surface area contributed by atoms with Crippen LogP contribution in [0.25, 0.3) is 0 Å². The molecule has 1 saturated carbocycles. The highest BCUT2D eigenvalue weighted by Crippen LogP contribution is 2.29. The molecule has 1 N–H and O–H groups in total. The van der Waals surface area contributed by atoms with E-state index in [1.807, 2.05) is 13.8 Å². The molecular weight excluding hydrogens is 186 g/mol. The summed E-state index contributed by atoms with van der Waals surface area (Å²) in [6.45, 7) is 6.16. The van der Waals surface area contributed by atoms with Gasteiger partial charge in [0.1, 0.15) is 0 Å². The maximum atomic E-state index is 11.6. The third-order valence-corrected chi connectivity index (χ3v) is 3.44. The van der Waals surface area contributed by atoms with Gasteiger partial charge in [0.15, 0.2) is 0 Å². The van der Waals surface area contributed by atoms with Crippen molar-refractivity contribution in [3.8, 4) is 0 Å². The molecule has 2 heteroatoms. The Bertz CT molecular complexity index is 201. The molecule has 1 amide bonds. The zero-order valence-electron chi connectivity index (χ0n) is 10.4. The molecule has 0 heterocycles. The first-order valence-corrected chi connectivity index (χ1v) is 6.45. The van der Waals surface area contributed by atoms with Gasteiger partial charge in [0.2, 0.25) is 5.91 Å². The van der Waals surface area contributed by atoms with Gasteiger partial charge in [0, 0.05) is 12.0 Å². The average Bonchev–Trinajstić information content (AvgIpc) is 2.62. The normalized spacial score (nSPS) is 25.9. The lowest BCUT2D eigenvalue weighted by atomic mass is 9.96. The molecule has 0 saturated heterocycles. The molecule has 2 atom stereocenters. The molecule has 15 heavy (non-hydrogen) atoms. The predicted molar refractivity (Wildman–Crippen MR) is 63.6 cm³/mol. The Labute approximate surface area is 93.8 Å². The van der Waals surface area contributed by atoms with Gasteiger partial charge in [-0.1, -0.05) is 40.0 Å². The number of carbonyl (C=O) groups excluding carboxylic acids is 1. The SMILES string of the molecule is CCCC[C@@H]1CCC[C@@H]1NC(=O)C(C)C. The van der Waals surface area contributed by atoms with Crippen molar-refractivity contribution in [3.05, 3.63) is 0 Å². The van der Waals surface area contributed by atoms with E-state index < -0.39 is 0 Å². The first-order valence-electron chi connectivity index (χ1n) is 6.45. The summed E-state index contributed by atoms with van der Waals surface area (Å²) in [6.07, 6.45) is 7.65. The van der Waals surface area contributed by atoms with Crippen molar-refractivity contribution >= 4 is 5.91 Å². The number of rotatable bonds is 5. The highest BCUT2D eigenvalue weighted by atomic mass is 16.1. The fraction of sp³-hybridized carbons (Fsp3) is 0.923. The molecule has 0 aromatic carbocycles. The van der Waals surface area contributed by atoms with Crippen LogP contribution in [0.3, 0.4) is 0 Å². The summed E-state index contributed by atoms with van der Waals surface area (Å²) in [4.78, 5) is 11.6. The molecule has 0 spiro atoms. The first-order chi connectivity index (χ1) is 7.15. The molecule has 88 valence electrons. The number of hydrogen-bond acceptors (Lipinski definition) is 1. The van der Waals surface area contributed by atoms with Gasteiger partial charge in [-0.05, 0) is 25.2 Å². The van der Waals surface area contributed by atoms with Crippen molar-refractivity contribution in [3.63, 3.8) is 0 Å². The van der Waals surface area contributed by atoms with Gasteiger partial charge < -0.3 is 5.32 Å². The number of hydrogen-bond donors (Lipinski definition) is 1. The first kappa shape index (κ1) is 12.5. The summed E-state index contributed by atoms with van der Waals surface area (Å²) in [5, 5.41) is 3.20. The van der Waals surface area contributed by atoms with Gasteiger partial charge in [-0.25, -0.2) is 0 Å². The van der Waals surface area contributed by atoms with E-state index in [2.05, 4.69) is 12.2 Å². The molecule has 0 aromatic heterocycles. The zero-order chi connectivity index (χ0) is 11.3. The van der Waals surface area contributed by atoms with E-state index in [1.54, 1.807) is 0 Å². The number of amides is 1. The molecule has 0 aliphatic heterocycles. The van der Waals surface area contributed by atoms with Gasteiger partial charge in [-0.2, -0.15) is 0 Å². The summed E-state index contributed by atoms with van der Waals surface area (Å²) < 4.78 is 0. The fourth-order valence-electron chi connectivity index (χ4n) is 2.39. The third-order valence-electron chi connectivity index (χ3n) is 3.44. The Morgan fingerprint density at radius 3 is 2.73 bits per heavy atom. The molecule has 0 bridgehead atoms. The standard InChI is InChI=1S/C13H25NO/c1-4-5-7-11-8-6-9-12(11)14-13(15)10(2)3/h10-12H,4-9H2,1-3H3,(H,14,15)/t11-,12+/m1/s1. The van der Waals surface area contributed by atoms with Gasteiger partial charge >= 0.3 is 0 Å².